The van der Waals surface area contributed by atoms with Crippen LogP contribution in [-0.4, -0.2) is 17.6 Å². The van der Waals surface area contributed by atoms with Gasteiger partial charge in [0.1, 0.15) is 5.75 Å². The third-order valence-electron chi connectivity index (χ3n) is 3.34. The first kappa shape index (κ1) is 13.9. The summed E-state index contributed by atoms with van der Waals surface area (Å²) in [5.74, 6) is 0.789. The van der Waals surface area contributed by atoms with Crippen LogP contribution in [0.2, 0.25) is 0 Å². The zero-order valence-corrected chi connectivity index (χ0v) is 11.8. The van der Waals surface area contributed by atoms with Gasteiger partial charge < -0.3 is 15.8 Å². The highest BCUT2D eigenvalue weighted by Gasteiger charge is 2.46. The molecule has 1 saturated carbocycles. The van der Waals surface area contributed by atoms with Crippen molar-refractivity contribution in [2.45, 2.75) is 51.3 Å². The van der Waals surface area contributed by atoms with Gasteiger partial charge in [-0.25, -0.2) is 0 Å². The third kappa shape index (κ3) is 3.47. The number of ether oxygens (including phenoxy) is 1. The lowest BCUT2D eigenvalue weighted by atomic mass is 10.1. The molecule has 4 nitrogen and oxygen atoms in total. The summed E-state index contributed by atoms with van der Waals surface area (Å²) in [6.07, 6.45) is 1.73. The molecule has 1 atom stereocenters. The first-order chi connectivity index (χ1) is 8.90. The van der Waals surface area contributed by atoms with Crippen LogP contribution in [0.3, 0.4) is 0 Å². The van der Waals surface area contributed by atoms with Gasteiger partial charge in [0.15, 0.2) is 0 Å². The van der Waals surface area contributed by atoms with Crippen LogP contribution in [0.15, 0.2) is 24.3 Å². The third-order valence-corrected chi connectivity index (χ3v) is 3.34. The Kier molecular flexibility index (Phi) is 3.80. The fourth-order valence-corrected chi connectivity index (χ4v) is 1.89. The number of hydrogen-bond donors (Lipinski definition) is 2. The standard InChI is InChI=1S/C15H22N2O2/c1-10(2)19-13-6-4-12(5-7-13)11(3)17-14(18)15(16)8-9-15/h4-7,10-11H,8-9,16H2,1-3H3,(H,17,18). The first-order valence-electron chi connectivity index (χ1n) is 6.77. The minimum Gasteiger partial charge on any atom is -0.491 e. The lowest BCUT2D eigenvalue weighted by Crippen LogP contribution is -2.43. The van der Waals surface area contributed by atoms with E-state index in [-0.39, 0.29) is 18.1 Å². The minimum atomic E-state index is -0.616. The maximum Gasteiger partial charge on any atom is 0.240 e. The van der Waals surface area contributed by atoms with E-state index < -0.39 is 5.54 Å². The van der Waals surface area contributed by atoms with Crippen molar-refractivity contribution in [3.05, 3.63) is 29.8 Å². The van der Waals surface area contributed by atoms with Crippen LogP contribution in [0.25, 0.3) is 0 Å². The summed E-state index contributed by atoms with van der Waals surface area (Å²) in [5.41, 5.74) is 6.30. The molecule has 3 N–H and O–H groups in total. The lowest BCUT2D eigenvalue weighted by molar-refractivity contribution is -0.123. The highest BCUT2D eigenvalue weighted by Crippen LogP contribution is 2.33. The number of nitrogens with two attached hydrogens (primary N) is 1. The van der Waals surface area contributed by atoms with Gasteiger partial charge in [0.2, 0.25) is 5.91 Å². The minimum absolute atomic E-state index is 0.0402. The van der Waals surface area contributed by atoms with Gasteiger partial charge in [-0.15, -0.1) is 0 Å². The van der Waals surface area contributed by atoms with Crippen LogP contribution in [0.4, 0.5) is 0 Å². The number of carbonyl (C=O) groups excluding carboxylic acids is 1. The Morgan fingerprint density at radius 3 is 2.32 bits per heavy atom. The second-order valence-corrected chi connectivity index (χ2v) is 5.59. The summed E-state index contributed by atoms with van der Waals surface area (Å²) in [7, 11) is 0. The van der Waals surface area contributed by atoms with E-state index in [2.05, 4.69) is 5.32 Å². The monoisotopic (exact) mass is 262 g/mol. The van der Waals surface area contributed by atoms with Gasteiger partial charge in [0.25, 0.3) is 0 Å². The Morgan fingerprint density at radius 1 is 1.26 bits per heavy atom. The smallest absolute Gasteiger partial charge is 0.240 e. The summed E-state index contributed by atoms with van der Waals surface area (Å²) in [4.78, 5) is 11.9. The summed E-state index contributed by atoms with van der Waals surface area (Å²) in [5, 5.41) is 2.95. The van der Waals surface area contributed by atoms with Crippen molar-refractivity contribution >= 4 is 5.91 Å². The topological polar surface area (TPSA) is 64.3 Å². The Bertz CT molecular complexity index is 450. The molecule has 1 aliphatic rings. The fourth-order valence-electron chi connectivity index (χ4n) is 1.89. The second-order valence-electron chi connectivity index (χ2n) is 5.59. The molecule has 19 heavy (non-hydrogen) atoms. The molecule has 1 aliphatic carbocycles. The van der Waals surface area contributed by atoms with E-state index in [9.17, 15) is 4.79 Å². The maximum atomic E-state index is 11.9. The number of benzene rings is 1. The Morgan fingerprint density at radius 2 is 1.84 bits per heavy atom. The van der Waals surface area contributed by atoms with E-state index in [1.54, 1.807) is 0 Å². The van der Waals surface area contributed by atoms with Crippen LogP contribution in [0.1, 0.15) is 45.2 Å². The van der Waals surface area contributed by atoms with Gasteiger partial charge in [-0.3, -0.25) is 4.79 Å². The average molecular weight is 262 g/mol. The maximum absolute atomic E-state index is 11.9. The van der Waals surface area contributed by atoms with Gasteiger partial charge in [0, 0.05) is 0 Å². The molecule has 1 aromatic rings. The summed E-state index contributed by atoms with van der Waals surface area (Å²) in [6.45, 7) is 5.95. The molecule has 2 rings (SSSR count). The molecular weight excluding hydrogens is 240 g/mol. The van der Waals surface area contributed by atoms with Gasteiger partial charge in [-0.05, 0) is 51.3 Å². The van der Waals surface area contributed by atoms with Crippen molar-refractivity contribution in [3.63, 3.8) is 0 Å². The van der Waals surface area contributed by atoms with Crippen molar-refractivity contribution < 1.29 is 9.53 Å². The Balaban J connectivity index is 1.95. The van der Waals surface area contributed by atoms with Crippen molar-refractivity contribution in [2.75, 3.05) is 0 Å². The molecule has 1 aromatic carbocycles. The molecule has 0 aliphatic heterocycles. The van der Waals surface area contributed by atoms with Gasteiger partial charge in [0.05, 0.1) is 17.7 Å². The molecular formula is C15H22N2O2. The Hall–Kier alpha value is -1.55. The number of rotatable bonds is 5. The fraction of sp³-hybridized carbons (Fsp3) is 0.533. The van der Waals surface area contributed by atoms with Gasteiger partial charge in [-0.2, -0.15) is 0 Å². The van der Waals surface area contributed by atoms with Crippen LogP contribution in [0, 0.1) is 0 Å². The van der Waals surface area contributed by atoms with E-state index in [1.165, 1.54) is 0 Å². The molecule has 0 bridgehead atoms. The summed E-state index contributed by atoms with van der Waals surface area (Å²) < 4.78 is 5.59. The van der Waals surface area contributed by atoms with E-state index >= 15 is 0 Å². The van der Waals surface area contributed by atoms with E-state index in [1.807, 2.05) is 45.0 Å². The lowest BCUT2D eigenvalue weighted by Gasteiger charge is -2.18. The first-order valence-corrected chi connectivity index (χ1v) is 6.77. The molecule has 0 heterocycles. The van der Waals surface area contributed by atoms with Crippen LogP contribution in [0.5, 0.6) is 5.75 Å². The SMILES string of the molecule is CC(C)Oc1ccc(C(C)NC(=O)C2(N)CC2)cc1. The largest absolute Gasteiger partial charge is 0.491 e. The quantitative estimate of drug-likeness (QED) is 0.854. The molecule has 1 unspecified atom stereocenters. The van der Waals surface area contributed by atoms with Crippen molar-refractivity contribution in [1.29, 1.82) is 0 Å². The predicted octanol–water partition coefficient (Wildman–Crippen LogP) is 2.14. The van der Waals surface area contributed by atoms with Gasteiger partial charge >= 0.3 is 0 Å². The normalized spacial score (nSPS) is 17.9. The highest BCUT2D eigenvalue weighted by atomic mass is 16.5. The number of carbonyl (C=O) groups is 1. The van der Waals surface area contributed by atoms with E-state index in [0.29, 0.717) is 0 Å². The zero-order chi connectivity index (χ0) is 14.0. The number of nitrogens with one attached hydrogen (secondary N) is 1. The van der Waals surface area contributed by atoms with Crippen molar-refractivity contribution in [3.8, 4) is 5.75 Å². The predicted molar refractivity (Wildman–Crippen MR) is 74.9 cm³/mol. The van der Waals surface area contributed by atoms with Crippen LogP contribution >= 0.6 is 0 Å². The summed E-state index contributed by atoms with van der Waals surface area (Å²) >= 11 is 0. The molecule has 0 aromatic heterocycles. The van der Waals surface area contributed by atoms with Crippen LogP contribution < -0.4 is 15.8 Å². The molecule has 0 radical (unpaired) electrons. The van der Waals surface area contributed by atoms with Crippen LogP contribution in [-0.2, 0) is 4.79 Å². The van der Waals surface area contributed by atoms with Gasteiger partial charge in [-0.1, -0.05) is 12.1 Å². The van der Waals surface area contributed by atoms with Crippen molar-refractivity contribution in [2.24, 2.45) is 5.73 Å². The van der Waals surface area contributed by atoms with E-state index in [0.717, 1.165) is 24.2 Å². The molecule has 0 saturated heterocycles. The second kappa shape index (κ2) is 5.21. The molecule has 1 fully saturated rings. The average Bonchev–Trinajstić information content (AvgIpc) is 3.09. The Labute approximate surface area is 114 Å². The number of hydrogen-bond acceptors (Lipinski definition) is 3. The summed E-state index contributed by atoms with van der Waals surface area (Å²) in [6, 6.07) is 7.75. The van der Waals surface area contributed by atoms with E-state index in [4.69, 9.17) is 10.5 Å². The number of amides is 1. The molecule has 0 spiro atoms. The molecule has 4 heteroatoms. The highest BCUT2D eigenvalue weighted by molar-refractivity contribution is 5.89. The molecule has 104 valence electrons. The molecule has 1 amide bonds. The van der Waals surface area contributed by atoms with Crippen molar-refractivity contribution in [1.82, 2.24) is 5.32 Å². The zero-order valence-electron chi connectivity index (χ0n) is 11.8.